The number of aromatic carboxylic acids is 1. The molecule has 2 aromatic rings. The maximum Gasteiger partial charge on any atom is 0.335 e. The van der Waals surface area contributed by atoms with Gasteiger partial charge in [0.2, 0.25) is 5.91 Å². The predicted molar refractivity (Wildman–Crippen MR) is 193 cm³/mol. The minimum Gasteiger partial charge on any atom is -0.478 e. The molecule has 4 fully saturated rings. The number of benzene rings is 1. The summed E-state index contributed by atoms with van der Waals surface area (Å²) in [6.45, 7) is 19.5. The summed E-state index contributed by atoms with van der Waals surface area (Å²) < 4.78 is 0. The molecule has 1 N–H and O–H groups in total. The molecule has 5 aliphatic rings. The van der Waals surface area contributed by atoms with Gasteiger partial charge in [-0.1, -0.05) is 65.0 Å². The number of hydrogen-bond donors (Lipinski definition) is 1. The molecule has 0 radical (unpaired) electrons. The highest BCUT2D eigenvalue weighted by molar-refractivity contribution is 5.97. The second-order valence-corrected chi connectivity index (χ2v) is 17.8. The number of hydrogen-bond acceptors (Lipinski definition) is 3. The lowest BCUT2D eigenvalue weighted by atomic mass is 9.32. The minimum atomic E-state index is -0.876. The molecule has 0 unspecified atom stereocenters. The molecule has 1 aromatic carbocycles. The number of rotatable bonds is 5. The first-order valence-corrected chi connectivity index (χ1v) is 18.5. The maximum atomic E-state index is 14.8. The van der Waals surface area contributed by atoms with Gasteiger partial charge in [-0.25, -0.2) is 4.79 Å². The van der Waals surface area contributed by atoms with E-state index in [0.717, 1.165) is 43.4 Å². The molecule has 48 heavy (non-hydrogen) atoms. The fourth-order valence-electron chi connectivity index (χ4n) is 13.4. The van der Waals surface area contributed by atoms with Crippen LogP contribution in [0, 0.1) is 56.7 Å². The number of pyridine rings is 1. The molecule has 0 bridgehead atoms. The van der Waals surface area contributed by atoms with Crippen LogP contribution < -0.4 is 4.90 Å². The van der Waals surface area contributed by atoms with Gasteiger partial charge in [0.15, 0.2) is 0 Å². The summed E-state index contributed by atoms with van der Waals surface area (Å²) in [5.41, 5.74) is 5.26. The number of anilines is 1. The van der Waals surface area contributed by atoms with E-state index in [1.54, 1.807) is 24.5 Å². The van der Waals surface area contributed by atoms with Crippen LogP contribution in [0.4, 0.5) is 5.69 Å². The van der Waals surface area contributed by atoms with Gasteiger partial charge in [0.25, 0.3) is 0 Å². The summed E-state index contributed by atoms with van der Waals surface area (Å²) in [6, 6.07) is 11.5. The van der Waals surface area contributed by atoms with Crippen molar-refractivity contribution in [2.24, 2.45) is 56.7 Å². The Kier molecular flexibility index (Phi) is 7.74. The van der Waals surface area contributed by atoms with Crippen molar-refractivity contribution in [1.82, 2.24) is 4.98 Å². The van der Waals surface area contributed by atoms with Gasteiger partial charge >= 0.3 is 5.97 Å². The van der Waals surface area contributed by atoms with Crippen LogP contribution in [-0.2, 0) is 4.79 Å². The molecule has 256 valence electrons. The quantitative estimate of drug-likeness (QED) is 0.328. The summed E-state index contributed by atoms with van der Waals surface area (Å²) >= 11 is 0. The molecule has 0 spiro atoms. The lowest BCUT2D eigenvalue weighted by molar-refractivity contribution is -0.224. The van der Waals surface area contributed by atoms with Gasteiger partial charge in [-0.15, -0.1) is 0 Å². The third-order valence-corrected chi connectivity index (χ3v) is 15.9. The van der Waals surface area contributed by atoms with Crippen LogP contribution in [0.3, 0.4) is 0 Å². The fourth-order valence-corrected chi connectivity index (χ4v) is 13.4. The highest BCUT2D eigenvalue weighted by Crippen LogP contribution is 2.78. The van der Waals surface area contributed by atoms with E-state index in [9.17, 15) is 14.7 Å². The SMILES string of the molecule is C=C(C)[C@@H]1CC[C@]2(C(=O)N(C)c3ccncc3)CC[C@]3(C)[C@H](CC[C@@H]4[C@@]5(C)CC=C(c6ccc(C(=O)O)cc6)C(C)(C)[C@@H]5CC[C@]43C)[C@@H]12. The molecule has 1 heterocycles. The number of carbonyl (C=O) groups excluding carboxylic acids is 1. The number of allylic oxidation sites excluding steroid dienone is 3. The van der Waals surface area contributed by atoms with Crippen LogP contribution in [0.25, 0.3) is 5.57 Å². The Morgan fingerprint density at radius 2 is 1.54 bits per heavy atom. The zero-order chi connectivity index (χ0) is 34.4. The van der Waals surface area contributed by atoms with Crippen molar-refractivity contribution in [3.63, 3.8) is 0 Å². The standard InChI is InChI=1S/C43H56N2O3/c1-27(2)31-15-22-43(38(48)45(8)30-18-25-44-26-19-30)24-23-41(6)33(36(31)43)13-14-35-40(5)20-16-32(28-9-11-29(12-10-28)37(46)47)39(3,4)34(40)17-21-42(35,41)7/h9-12,16,18-19,25-26,31,33-36H,1,13-15,17,20-24H2,2-8H3,(H,46,47)/t31-,33+,34-,35+,36+,40-,41+,42+,43-/m0/s1. The van der Waals surface area contributed by atoms with Gasteiger partial charge < -0.3 is 10.0 Å². The Balaban J connectivity index is 1.24. The summed E-state index contributed by atoms with van der Waals surface area (Å²) in [5, 5.41) is 9.48. The first kappa shape index (κ1) is 33.3. The van der Waals surface area contributed by atoms with Gasteiger partial charge in [0.05, 0.1) is 11.0 Å². The summed E-state index contributed by atoms with van der Waals surface area (Å²) in [7, 11) is 1.97. The highest BCUT2D eigenvalue weighted by atomic mass is 16.4. The van der Waals surface area contributed by atoms with E-state index < -0.39 is 5.97 Å². The minimum absolute atomic E-state index is 0.0149. The molecule has 5 nitrogen and oxygen atoms in total. The van der Waals surface area contributed by atoms with Crippen molar-refractivity contribution in [3.05, 3.63) is 78.1 Å². The molecule has 0 saturated heterocycles. The van der Waals surface area contributed by atoms with E-state index in [4.69, 9.17) is 0 Å². The molecular formula is C43H56N2O3. The molecular weight excluding hydrogens is 592 g/mol. The van der Waals surface area contributed by atoms with Crippen LogP contribution in [-0.4, -0.2) is 29.0 Å². The van der Waals surface area contributed by atoms with Crippen LogP contribution in [0.1, 0.15) is 115 Å². The second-order valence-electron chi connectivity index (χ2n) is 17.8. The Morgan fingerprint density at radius 1 is 0.854 bits per heavy atom. The average Bonchev–Trinajstić information content (AvgIpc) is 3.46. The van der Waals surface area contributed by atoms with Crippen molar-refractivity contribution in [3.8, 4) is 0 Å². The number of nitrogens with zero attached hydrogens (tertiary/aromatic N) is 2. The summed E-state index contributed by atoms with van der Waals surface area (Å²) in [4.78, 5) is 32.4. The maximum absolute atomic E-state index is 14.8. The van der Waals surface area contributed by atoms with E-state index in [1.165, 1.54) is 36.8 Å². The monoisotopic (exact) mass is 648 g/mol. The van der Waals surface area contributed by atoms with E-state index in [0.29, 0.717) is 41.1 Å². The summed E-state index contributed by atoms with van der Waals surface area (Å²) in [6.07, 6.45) is 16.1. The molecule has 5 heteroatoms. The van der Waals surface area contributed by atoms with Crippen molar-refractivity contribution in [2.45, 2.75) is 99.3 Å². The van der Waals surface area contributed by atoms with Gasteiger partial charge in [0.1, 0.15) is 0 Å². The Morgan fingerprint density at radius 3 is 2.19 bits per heavy atom. The van der Waals surface area contributed by atoms with Crippen molar-refractivity contribution >= 4 is 23.1 Å². The second kappa shape index (κ2) is 11.2. The van der Waals surface area contributed by atoms with Crippen molar-refractivity contribution in [2.75, 3.05) is 11.9 Å². The normalized spacial score (nSPS) is 39.6. The number of carboxylic acid groups (broad SMARTS) is 1. The highest BCUT2D eigenvalue weighted by Gasteiger charge is 2.71. The van der Waals surface area contributed by atoms with E-state index in [-0.39, 0.29) is 27.1 Å². The molecule has 1 aromatic heterocycles. The van der Waals surface area contributed by atoms with E-state index >= 15 is 0 Å². The van der Waals surface area contributed by atoms with E-state index in [1.807, 2.05) is 36.2 Å². The number of amides is 1. The molecule has 7 rings (SSSR count). The fraction of sp³-hybridized carbons (Fsp3) is 0.605. The smallest absolute Gasteiger partial charge is 0.335 e. The van der Waals surface area contributed by atoms with Gasteiger partial charge in [-0.05, 0) is 151 Å². The van der Waals surface area contributed by atoms with Gasteiger partial charge in [-0.3, -0.25) is 9.78 Å². The van der Waals surface area contributed by atoms with Crippen molar-refractivity contribution in [1.29, 1.82) is 0 Å². The van der Waals surface area contributed by atoms with Gasteiger partial charge in [-0.2, -0.15) is 0 Å². The molecule has 9 atom stereocenters. The molecule has 4 saturated carbocycles. The predicted octanol–water partition coefficient (Wildman–Crippen LogP) is 10.1. The zero-order valence-electron chi connectivity index (χ0n) is 30.3. The van der Waals surface area contributed by atoms with Crippen LogP contribution in [0.2, 0.25) is 0 Å². The largest absolute Gasteiger partial charge is 0.478 e. The third kappa shape index (κ3) is 4.44. The number of fused-ring (bicyclic) bond motifs is 7. The Hall–Kier alpha value is -3.21. The van der Waals surface area contributed by atoms with E-state index in [2.05, 4.69) is 59.2 Å². The lowest BCUT2D eigenvalue weighted by Crippen LogP contribution is -2.66. The third-order valence-electron chi connectivity index (χ3n) is 15.9. The zero-order valence-corrected chi connectivity index (χ0v) is 30.3. The summed E-state index contributed by atoms with van der Waals surface area (Å²) in [5.74, 6) is 1.82. The van der Waals surface area contributed by atoms with Crippen LogP contribution >= 0.6 is 0 Å². The lowest BCUT2D eigenvalue weighted by Gasteiger charge is -2.72. The first-order valence-electron chi connectivity index (χ1n) is 18.5. The molecule has 5 aliphatic carbocycles. The molecule has 1 amide bonds. The average molecular weight is 649 g/mol. The Bertz CT molecular complexity index is 1660. The first-order chi connectivity index (χ1) is 22.6. The molecule has 0 aliphatic heterocycles. The van der Waals surface area contributed by atoms with Crippen molar-refractivity contribution < 1.29 is 14.7 Å². The number of aromatic nitrogens is 1. The van der Waals surface area contributed by atoms with Crippen LogP contribution in [0.15, 0.2) is 67.0 Å². The van der Waals surface area contributed by atoms with Crippen LogP contribution in [0.5, 0.6) is 0 Å². The topological polar surface area (TPSA) is 70.5 Å². The van der Waals surface area contributed by atoms with Gasteiger partial charge in [0, 0.05) is 25.1 Å². The number of carboxylic acids is 1. The number of carbonyl (C=O) groups is 2. The Labute approximate surface area is 288 Å².